The fourth-order valence-electron chi connectivity index (χ4n) is 5.92. The van der Waals surface area contributed by atoms with Gasteiger partial charge in [0.2, 0.25) is 0 Å². The van der Waals surface area contributed by atoms with Crippen molar-refractivity contribution in [1.82, 2.24) is 45.0 Å². The number of nitrogen functional groups attached to an aromatic ring is 1. The lowest BCUT2D eigenvalue weighted by Crippen LogP contribution is -2.24. The molecule has 18 nitrogen and oxygen atoms in total. The molecule has 0 aliphatic heterocycles. The van der Waals surface area contributed by atoms with E-state index in [4.69, 9.17) is 19.9 Å². The lowest BCUT2D eigenvalue weighted by molar-refractivity contribution is 0.0514. The molecule has 0 aliphatic rings. The Hall–Kier alpha value is -5.47. The number of benzene rings is 1. The van der Waals surface area contributed by atoms with Gasteiger partial charge in [-0.1, -0.05) is 19.6 Å². The van der Waals surface area contributed by atoms with Gasteiger partial charge in [0.05, 0.1) is 42.6 Å². The van der Waals surface area contributed by atoms with Crippen LogP contribution in [0.1, 0.15) is 84.1 Å². The second-order valence-electron chi connectivity index (χ2n) is 15.4. The highest BCUT2D eigenvalue weighted by Crippen LogP contribution is 2.22. The number of ether oxygens (including phenoxy) is 3. The molecule has 0 spiro atoms. The van der Waals surface area contributed by atoms with Crippen molar-refractivity contribution in [3.8, 4) is 12.1 Å². The van der Waals surface area contributed by atoms with Gasteiger partial charge < -0.3 is 25.3 Å². The summed E-state index contributed by atoms with van der Waals surface area (Å²) in [6, 6.07) is 12.7. The van der Waals surface area contributed by atoms with Gasteiger partial charge in [0, 0.05) is 57.3 Å². The number of nitriles is 2. The van der Waals surface area contributed by atoms with E-state index >= 15 is 0 Å². The molecule has 22 heteroatoms. The number of nitrogens with zero attached hydrogens (tertiary/aromatic N) is 9. The van der Waals surface area contributed by atoms with Crippen LogP contribution < -0.4 is 11.1 Å². The number of nitrogens with two attached hydrogens (primary N) is 1. The Morgan fingerprint density at radius 1 is 0.909 bits per heavy atom. The molecule has 6 rings (SSSR count). The number of halogens is 3. The molecule has 0 aliphatic carbocycles. The van der Waals surface area contributed by atoms with Crippen molar-refractivity contribution in [1.29, 1.82) is 10.5 Å². The third-order valence-electron chi connectivity index (χ3n) is 9.08. The molecule has 0 saturated carbocycles. The average Bonchev–Trinajstić information content (AvgIpc) is 4.00. The number of amides is 1. The van der Waals surface area contributed by atoms with Gasteiger partial charge in [-0.05, 0) is 132 Å². The number of rotatable bonds is 14. The van der Waals surface area contributed by atoms with Crippen LogP contribution in [0, 0.1) is 50.8 Å². The number of carbonyl (C=O) groups excluding carboxylic acids is 3. The molecule has 6 aromatic rings. The van der Waals surface area contributed by atoms with Crippen LogP contribution in [-0.4, -0.2) is 91.8 Å². The standard InChI is InChI=1S/C25H22N8O.C12H21IN2O3Si.C6H7IN2O2.CH3Cl/c1-14-4-18-6-17(7-19(8-26)24(18)29-10-14)12-33-13-21(22(9-27)32-33)25(34)30-11-20-15(2)5-23(28)31-16(20)3;1-5-18-12(16)10-8-15(14-11(10)13)9-17-6-7-19(2,3)4;1-2-11-6(10)4-3-8-9-5(4)7;1-2/h4-7,10,13H,11-12H2,1-3H3,(H2,28,31)(H,30,34);8H,5-7,9H2,1-4H3;3H,2H2,1H3,(H,8,9);1H3. The number of H-pyrrole nitrogens is 1. The molecule has 0 radical (unpaired) electrons. The van der Waals surface area contributed by atoms with Gasteiger partial charge in [0.25, 0.3) is 5.91 Å². The maximum atomic E-state index is 12.9. The third-order valence-corrected chi connectivity index (χ3v) is 12.4. The lowest BCUT2D eigenvalue weighted by atomic mass is 10.0. The van der Waals surface area contributed by atoms with Crippen LogP contribution in [0.2, 0.25) is 25.7 Å². The van der Waals surface area contributed by atoms with Crippen LogP contribution in [-0.2, 0) is 34.0 Å². The largest absolute Gasteiger partial charge is 0.462 e. The van der Waals surface area contributed by atoms with E-state index in [1.54, 1.807) is 49.3 Å². The molecule has 5 heterocycles. The van der Waals surface area contributed by atoms with Crippen LogP contribution in [0.4, 0.5) is 5.82 Å². The van der Waals surface area contributed by atoms with E-state index in [0.29, 0.717) is 61.9 Å². The summed E-state index contributed by atoms with van der Waals surface area (Å²) in [4.78, 5) is 44.1. The first-order chi connectivity index (χ1) is 31.4. The molecule has 350 valence electrons. The first kappa shape index (κ1) is 54.9. The summed E-state index contributed by atoms with van der Waals surface area (Å²) in [6.07, 6.45) is 7.87. The first-order valence-electron chi connectivity index (χ1n) is 20.4. The minimum absolute atomic E-state index is 0.0279. The average molecular weight is 1160 g/mol. The number of hydrogen-bond donors (Lipinski definition) is 3. The molecule has 1 amide bonds. The molecule has 4 N–H and O–H groups in total. The SMILES string of the molecule is CCOC(=O)c1cn(COCC[Si](C)(C)C)nc1I.CCOC(=O)c1cn[nH]c1I.CCl.Cc1cnc2c(C#N)cc(Cn3cc(C(=O)NCc4c(C)cc(N)nc4C)c(C#N)n3)cc2c1. The van der Waals surface area contributed by atoms with Gasteiger partial charge in [-0.2, -0.15) is 25.8 Å². The van der Waals surface area contributed by atoms with Gasteiger partial charge in [0.1, 0.15) is 43.2 Å². The summed E-state index contributed by atoms with van der Waals surface area (Å²) in [5.74, 6) is -0.641. The van der Waals surface area contributed by atoms with Crippen LogP contribution in [0.3, 0.4) is 0 Å². The molecule has 0 unspecified atom stereocenters. The highest BCUT2D eigenvalue weighted by atomic mass is 127. The van der Waals surface area contributed by atoms with Gasteiger partial charge in [-0.25, -0.2) is 19.3 Å². The maximum absolute atomic E-state index is 12.9. The van der Waals surface area contributed by atoms with Crippen LogP contribution >= 0.6 is 56.8 Å². The van der Waals surface area contributed by atoms with Crippen molar-refractivity contribution in [2.24, 2.45) is 0 Å². The number of fused-ring (bicyclic) bond motifs is 1. The Morgan fingerprint density at radius 3 is 2.17 bits per heavy atom. The van der Waals surface area contributed by atoms with Gasteiger partial charge in [-0.15, -0.1) is 11.6 Å². The zero-order valence-electron chi connectivity index (χ0n) is 38.3. The summed E-state index contributed by atoms with van der Waals surface area (Å²) in [7, 11) is -1.06. The number of anilines is 1. The van der Waals surface area contributed by atoms with Crippen LogP contribution in [0.25, 0.3) is 10.9 Å². The maximum Gasteiger partial charge on any atom is 0.342 e. The number of pyridine rings is 2. The number of nitrogens with one attached hydrogen (secondary N) is 2. The zero-order valence-corrected chi connectivity index (χ0v) is 44.3. The van der Waals surface area contributed by atoms with E-state index in [9.17, 15) is 24.9 Å². The molecule has 66 heavy (non-hydrogen) atoms. The van der Waals surface area contributed by atoms with E-state index in [-0.39, 0.29) is 29.7 Å². The smallest absolute Gasteiger partial charge is 0.342 e. The van der Waals surface area contributed by atoms with E-state index < -0.39 is 14.0 Å². The quantitative estimate of drug-likeness (QED) is 0.0307. The number of alkyl halides is 1. The van der Waals surface area contributed by atoms with Crippen molar-refractivity contribution < 1.29 is 28.6 Å². The van der Waals surface area contributed by atoms with E-state index in [1.165, 1.54) is 17.3 Å². The number of carbonyl (C=O) groups is 3. The summed E-state index contributed by atoms with van der Waals surface area (Å²) in [6.45, 7) is 18.6. The van der Waals surface area contributed by atoms with Gasteiger partial charge in [-0.3, -0.25) is 19.6 Å². The van der Waals surface area contributed by atoms with Crippen molar-refractivity contribution in [2.45, 2.75) is 80.1 Å². The highest BCUT2D eigenvalue weighted by molar-refractivity contribution is 14.1. The van der Waals surface area contributed by atoms with Crippen molar-refractivity contribution in [3.05, 3.63) is 112 Å². The molecule has 0 fully saturated rings. The summed E-state index contributed by atoms with van der Waals surface area (Å²) in [5, 5.41) is 37.6. The van der Waals surface area contributed by atoms with Gasteiger partial charge >= 0.3 is 11.9 Å². The van der Waals surface area contributed by atoms with E-state index in [2.05, 4.69) is 73.0 Å². The normalized spacial score (nSPS) is 10.5. The Labute approximate surface area is 417 Å². The monoisotopic (exact) mass is 1160 g/mol. The Kier molecular flexibility index (Phi) is 22.1. The summed E-state index contributed by atoms with van der Waals surface area (Å²) in [5.41, 5.74) is 12.4. The Morgan fingerprint density at radius 2 is 1.58 bits per heavy atom. The topological polar surface area (TPSA) is 255 Å². The molecular formula is C44H53ClI2N12O6Si. The molecule has 5 aromatic heterocycles. The predicted octanol–water partition coefficient (Wildman–Crippen LogP) is 8.08. The first-order valence-corrected chi connectivity index (χ1v) is 27.0. The van der Waals surface area contributed by atoms with E-state index in [0.717, 1.165) is 46.0 Å². The van der Waals surface area contributed by atoms with Crippen LogP contribution in [0.15, 0.2) is 49.1 Å². The molecule has 1 aromatic carbocycles. The number of aromatic amines is 1. The zero-order chi connectivity index (χ0) is 49.1. The minimum Gasteiger partial charge on any atom is -0.462 e. The summed E-state index contributed by atoms with van der Waals surface area (Å²) >= 11 is 8.66. The molecule has 0 saturated heterocycles. The van der Waals surface area contributed by atoms with Crippen molar-refractivity contribution in [3.63, 3.8) is 0 Å². The van der Waals surface area contributed by atoms with Crippen molar-refractivity contribution in [2.75, 3.05) is 31.9 Å². The van der Waals surface area contributed by atoms with Gasteiger partial charge in [0.15, 0.2) is 5.69 Å². The lowest BCUT2D eigenvalue weighted by Gasteiger charge is -2.15. The van der Waals surface area contributed by atoms with E-state index in [1.807, 2.05) is 84.2 Å². The number of esters is 2. The number of hydrogen-bond acceptors (Lipinski definition) is 14. The fourth-order valence-corrected chi connectivity index (χ4v) is 7.82. The molecular weight excluding hydrogens is 1110 g/mol. The molecule has 0 atom stereocenters. The predicted molar refractivity (Wildman–Crippen MR) is 271 cm³/mol. The second kappa shape index (κ2) is 26.6. The fraction of sp³-hybridized carbons (Fsp3) is 0.364. The number of aryl methyl sites for hydroxylation is 3. The Bertz CT molecular complexity index is 2680. The Balaban J connectivity index is 0.000000302. The highest BCUT2D eigenvalue weighted by Gasteiger charge is 2.19. The molecule has 0 bridgehead atoms. The minimum atomic E-state index is -1.06. The second-order valence-corrected chi connectivity index (χ2v) is 23.1. The summed E-state index contributed by atoms with van der Waals surface area (Å²) < 4.78 is 19.8. The number of aromatic nitrogens is 8. The van der Waals surface area contributed by atoms with Crippen LogP contribution in [0.5, 0.6) is 0 Å². The van der Waals surface area contributed by atoms with Crippen molar-refractivity contribution >= 4 is 99.4 Å². The third kappa shape index (κ3) is 16.4.